The number of nitrogens with zero attached hydrogens (tertiary/aromatic N) is 1. The molecule has 1 unspecified atom stereocenters. The van der Waals surface area contributed by atoms with Gasteiger partial charge in [0.05, 0.1) is 0 Å². The molecule has 1 rings (SSSR count). The summed E-state index contributed by atoms with van der Waals surface area (Å²) < 4.78 is 24.0. The first-order valence-corrected chi connectivity index (χ1v) is 3.49. The van der Waals surface area contributed by atoms with E-state index in [-0.39, 0.29) is 5.56 Å². The minimum atomic E-state index is -2.74. The molecule has 0 saturated heterocycles. The van der Waals surface area contributed by atoms with Crippen LogP contribution in [0.5, 0.6) is 0 Å². The summed E-state index contributed by atoms with van der Waals surface area (Å²) in [5.74, 6) is 0. The third-order valence-corrected chi connectivity index (χ3v) is 1.62. The van der Waals surface area contributed by atoms with Gasteiger partial charge < -0.3 is 5.11 Å². The Morgan fingerprint density at radius 2 is 2.17 bits per heavy atom. The van der Waals surface area contributed by atoms with Gasteiger partial charge in [0.15, 0.2) is 0 Å². The van der Waals surface area contributed by atoms with Crippen LogP contribution in [0.2, 0.25) is 0 Å². The molecule has 1 heterocycles. The largest absolute Gasteiger partial charge is 0.382 e. The molecule has 2 nitrogen and oxygen atoms in total. The zero-order valence-corrected chi connectivity index (χ0v) is 6.54. The van der Waals surface area contributed by atoms with Gasteiger partial charge >= 0.3 is 0 Å². The summed E-state index contributed by atoms with van der Waals surface area (Å²) in [6.07, 6.45) is -1.62. The summed E-state index contributed by atoms with van der Waals surface area (Å²) in [7, 11) is 0. The molecule has 1 atom stereocenters. The first-order chi connectivity index (χ1) is 5.63. The van der Waals surface area contributed by atoms with E-state index >= 15 is 0 Å². The van der Waals surface area contributed by atoms with Crippen LogP contribution in [0, 0.1) is 6.92 Å². The SMILES string of the molecule is Cc1cnccc1C(O)C(F)F. The Hall–Kier alpha value is -1.03. The number of halogens is 2. The van der Waals surface area contributed by atoms with E-state index in [0.717, 1.165) is 0 Å². The van der Waals surface area contributed by atoms with Crippen LogP contribution in [0.4, 0.5) is 8.78 Å². The zero-order chi connectivity index (χ0) is 9.14. The van der Waals surface area contributed by atoms with Crippen LogP contribution in [0.3, 0.4) is 0 Å². The fraction of sp³-hybridized carbons (Fsp3) is 0.375. The highest BCUT2D eigenvalue weighted by Gasteiger charge is 2.20. The molecule has 66 valence electrons. The fourth-order valence-corrected chi connectivity index (χ4v) is 0.952. The Balaban J connectivity index is 2.94. The van der Waals surface area contributed by atoms with E-state index in [2.05, 4.69) is 4.98 Å². The van der Waals surface area contributed by atoms with Crippen LogP contribution in [0.1, 0.15) is 17.2 Å². The number of hydrogen-bond acceptors (Lipinski definition) is 2. The zero-order valence-electron chi connectivity index (χ0n) is 6.54. The van der Waals surface area contributed by atoms with Crippen molar-refractivity contribution in [2.24, 2.45) is 0 Å². The average molecular weight is 173 g/mol. The molecular weight excluding hydrogens is 164 g/mol. The van der Waals surface area contributed by atoms with Crippen molar-refractivity contribution in [2.75, 3.05) is 0 Å². The van der Waals surface area contributed by atoms with Crippen molar-refractivity contribution >= 4 is 0 Å². The smallest absolute Gasteiger partial charge is 0.268 e. The van der Waals surface area contributed by atoms with Gasteiger partial charge in [-0.1, -0.05) is 0 Å². The summed E-state index contributed by atoms with van der Waals surface area (Å²) in [5.41, 5.74) is 0.810. The van der Waals surface area contributed by atoms with Crippen molar-refractivity contribution in [2.45, 2.75) is 19.5 Å². The summed E-state index contributed by atoms with van der Waals surface area (Å²) in [6.45, 7) is 1.63. The predicted octanol–water partition coefficient (Wildman–Crippen LogP) is 1.69. The van der Waals surface area contributed by atoms with Gasteiger partial charge in [0.2, 0.25) is 0 Å². The van der Waals surface area contributed by atoms with Gasteiger partial charge in [0.25, 0.3) is 6.43 Å². The number of aryl methyl sites for hydroxylation is 1. The molecule has 1 aromatic rings. The van der Waals surface area contributed by atoms with Crippen molar-refractivity contribution in [3.8, 4) is 0 Å². The number of alkyl halides is 2. The first-order valence-electron chi connectivity index (χ1n) is 3.49. The monoisotopic (exact) mass is 173 g/mol. The van der Waals surface area contributed by atoms with Crippen LogP contribution in [-0.2, 0) is 0 Å². The third kappa shape index (κ3) is 1.76. The fourth-order valence-electron chi connectivity index (χ4n) is 0.952. The maximum atomic E-state index is 12.0. The van der Waals surface area contributed by atoms with Crippen LogP contribution in [-0.4, -0.2) is 16.5 Å². The van der Waals surface area contributed by atoms with E-state index < -0.39 is 12.5 Å². The summed E-state index contributed by atoms with van der Waals surface area (Å²) >= 11 is 0. The minimum absolute atomic E-state index is 0.236. The highest BCUT2D eigenvalue weighted by molar-refractivity contribution is 5.24. The molecule has 0 bridgehead atoms. The predicted molar refractivity (Wildman–Crippen MR) is 39.9 cm³/mol. The quantitative estimate of drug-likeness (QED) is 0.738. The number of aliphatic hydroxyl groups is 1. The van der Waals surface area contributed by atoms with Crippen molar-refractivity contribution < 1.29 is 13.9 Å². The van der Waals surface area contributed by atoms with Gasteiger partial charge in [-0.2, -0.15) is 0 Å². The van der Waals surface area contributed by atoms with Crippen molar-refractivity contribution in [3.05, 3.63) is 29.6 Å². The van der Waals surface area contributed by atoms with Crippen molar-refractivity contribution in [1.29, 1.82) is 0 Å². The molecule has 0 aromatic carbocycles. The highest BCUT2D eigenvalue weighted by atomic mass is 19.3. The molecule has 0 fully saturated rings. The Morgan fingerprint density at radius 3 is 2.67 bits per heavy atom. The lowest BCUT2D eigenvalue weighted by Gasteiger charge is -2.11. The Morgan fingerprint density at radius 1 is 1.50 bits per heavy atom. The molecule has 0 saturated carbocycles. The molecule has 1 N–H and O–H groups in total. The standard InChI is InChI=1S/C8H9F2NO/c1-5-4-11-3-2-6(5)7(12)8(9)10/h2-4,7-8,12H,1H3. The Labute approximate surface area is 68.9 Å². The molecule has 4 heteroatoms. The van der Waals surface area contributed by atoms with E-state index in [1.165, 1.54) is 18.5 Å². The summed E-state index contributed by atoms with van der Waals surface area (Å²) in [4.78, 5) is 3.73. The summed E-state index contributed by atoms with van der Waals surface area (Å²) in [5, 5.41) is 9.00. The molecule has 0 radical (unpaired) electrons. The summed E-state index contributed by atoms with van der Waals surface area (Å²) in [6, 6.07) is 1.40. The Kier molecular flexibility index (Phi) is 2.70. The van der Waals surface area contributed by atoms with E-state index in [1.54, 1.807) is 6.92 Å². The van der Waals surface area contributed by atoms with Crippen molar-refractivity contribution in [3.63, 3.8) is 0 Å². The van der Waals surface area contributed by atoms with E-state index in [9.17, 15) is 8.78 Å². The second-order valence-electron chi connectivity index (χ2n) is 2.51. The minimum Gasteiger partial charge on any atom is -0.382 e. The normalized spacial score (nSPS) is 13.4. The van der Waals surface area contributed by atoms with E-state index in [4.69, 9.17) is 5.11 Å². The maximum Gasteiger partial charge on any atom is 0.268 e. The van der Waals surface area contributed by atoms with Crippen LogP contribution in [0.15, 0.2) is 18.5 Å². The van der Waals surface area contributed by atoms with E-state index in [0.29, 0.717) is 5.56 Å². The Bertz CT molecular complexity index is 265. The molecule has 0 aliphatic carbocycles. The number of aliphatic hydroxyl groups excluding tert-OH is 1. The van der Waals surface area contributed by atoms with Crippen molar-refractivity contribution in [1.82, 2.24) is 4.98 Å². The molecular formula is C8H9F2NO. The van der Waals surface area contributed by atoms with Crippen LogP contribution < -0.4 is 0 Å². The van der Waals surface area contributed by atoms with E-state index in [1.807, 2.05) is 0 Å². The number of pyridine rings is 1. The lowest BCUT2D eigenvalue weighted by Crippen LogP contribution is -2.09. The molecule has 0 aliphatic heterocycles. The van der Waals surface area contributed by atoms with Gasteiger partial charge in [-0.15, -0.1) is 0 Å². The number of rotatable bonds is 2. The van der Waals surface area contributed by atoms with Gasteiger partial charge in [-0.25, -0.2) is 8.78 Å². The number of hydrogen-bond donors (Lipinski definition) is 1. The molecule has 0 amide bonds. The lowest BCUT2D eigenvalue weighted by atomic mass is 10.1. The number of aromatic nitrogens is 1. The molecule has 12 heavy (non-hydrogen) atoms. The van der Waals surface area contributed by atoms with Gasteiger partial charge in [0, 0.05) is 12.4 Å². The second kappa shape index (κ2) is 3.58. The van der Waals surface area contributed by atoms with Crippen LogP contribution >= 0.6 is 0 Å². The average Bonchev–Trinajstić information content (AvgIpc) is 2.04. The van der Waals surface area contributed by atoms with Crippen LogP contribution in [0.25, 0.3) is 0 Å². The molecule has 0 aliphatic rings. The molecule has 1 aromatic heterocycles. The topological polar surface area (TPSA) is 33.1 Å². The van der Waals surface area contributed by atoms with Gasteiger partial charge in [0.1, 0.15) is 6.10 Å². The lowest BCUT2D eigenvalue weighted by molar-refractivity contribution is -0.00617. The molecule has 0 spiro atoms. The first kappa shape index (κ1) is 9.06. The third-order valence-electron chi connectivity index (χ3n) is 1.62. The van der Waals surface area contributed by atoms with Gasteiger partial charge in [-0.05, 0) is 24.1 Å². The highest BCUT2D eigenvalue weighted by Crippen LogP contribution is 2.22. The van der Waals surface area contributed by atoms with Gasteiger partial charge in [-0.3, -0.25) is 4.98 Å². The maximum absolute atomic E-state index is 12.0. The second-order valence-corrected chi connectivity index (χ2v) is 2.51.